The Bertz CT molecular complexity index is 1080. The number of aromatic nitrogens is 3. The summed E-state index contributed by atoms with van der Waals surface area (Å²) < 4.78 is 7.38. The summed E-state index contributed by atoms with van der Waals surface area (Å²) in [5, 5.41) is 17.8. The first-order chi connectivity index (χ1) is 13.5. The second-order valence-electron chi connectivity index (χ2n) is 6.32. The standard InChI is InChI=1S/C20H18N4O3S/c1-4-11-28-20-21-18(26)17-14-7-5-6-8-15(14)23(13(3)25)19(24(17)22-20)16-10-9-12(2)27-16/h4-10,19H,1,11H2,2-3H3. The molecule has 1 aliphatic rings. The molecular formula is C20H18N4O3S. The maximum absolute atomic E-state index is 12.9. The molecule has 1 atom stereocenters. The summed E-state index contributed by atoms with van der Waals surface area (Å²) in [6, 6.07) is 10.9. The monoisotopic (exact) mass is 394 g/mol. The lowest BCUT2D eigenvalue weighted by molar-refractivity contribution is -0.765. The highest BCUT2D eigenvalue weighted by atomic mass is 32.2. The van der Waals surface area contributed by atoms with Crippen molar-refractivity contribution < 1.29 is 19.0 Å². The quantitative estimate of drug-likeness (QED) is 0.384. The van der Waals surface area contributed by atoms with Crippen LogP contribution in [0.5, 0.6) is 5.88 Å². The van der Waals surface area contributed by atoms with Crippen molar-refractivity contribution in [1.82, 2.24) is 10.1 Å². The molecule has 1 aliphatic heterocycles. The number of amides is 1. The molecule has 0 aliphatic carbocycles. The highest BCUT2D eigenvalue weighted by molar-refractivity contribution is 7.99. The lowest BCUT2D eigenvalue weighted by atomic mass is 10.0. The highest BCUT2D eigenvalue weighted by Gasteiger charge is 2.45. The normalized spacial score (nSPS) is 15.1. The van der Waals surface area contributed by atoms with Gasteiger partial charge in [-0.15, -0.1) is 6.58 Å². The molecule has 0 saturated heterocycles. The Hall–Kier alpha value is -3.13. The molecule has 0 N–H and O–H groups in total. The van der Waals surface area contributed by atoms with Gasteiger partial charge in [0, 0.05) is 17.8 Å². The van der Waals surface area contributed by atoms with Crippen molar-refractivity contribution in [2.75, 3.05) is 10.7 Å². The number of para-hydroxylation sites is 1. The third kappa shape index (κ3) is 2.95. The molecule has 8 heteroatoms. The third-order valence-corrected chi connectivity index (χ3v) is 5.24. The van der Waals surface area contributed by atoms with Gasteiger partial charge in [-0.2, -0.15) is 0 Å². The predicted molar refractivity (Wildman–Crippen MR) is 103 cm³/mol. The van der Waals surface area contributed by atoms with Crippen molar-refractivity contribution in [3.8, 4) is 17.1 Å². The minimum absolute atomic E-state index is 0.184. The highest BCUT2D eigenvalue weighted by Crippen LogP contribution is 2.41. The van der Waals surface area contributed by atoms with E-state index in [9.17, 15) is 9.90 Å². The molecule has 3 heterocycles. The zero-order chi connectivity index (χ0) is 19.8. The predicted octanol–water partition coefficient (Wildman–Crippen LogP) is 2.60. The minimum Gasteiger partial charge on any atom is -0.854 e. The molecule has 1 amide bonds. The molecule has 0 radical (unpaired) electrons. The van der Waals surface area contributed by atoms with Crippen molar-refractivity contribution in [3.63, 3.8) is 0 Å². The number of benzene rings is 1. The number of carbonyl (C=O) groups is 1. The van der Waals surface area contributed by atoms with Crippen LogP contribution in [0.3, 0.4) is 0 Å². The molecule has 4 rings (SSSR count). The molecule has 0 bridgehead atoms. The van der Waals surface area contributed by atoms with Gasteiger partial charge in [-0.05, 0) is 35.9 Å². The van der Waals surface area contributed by atoms with Crippen LogP contribution in [0.4, 0.5) is 5.69 Å². The van der Waals surface area contributed by atoms with Gasteiger partial charge in [0.05, 0.1) is 17.1 Å². The first-order valence-electron chi connectivity index (χ1n) is 8.71. The number of rotatable bonds is 4. The Morgan fingerprint density at radius 2 is 2.18 bits per heavy atom. The molecule has 7 nitrogen and oxygen atoms in total. The average Bonchev–Trinajstić information content (AvgIpc) is 3.10. The fraction of sp³-hybridized carbons (Fsp3) is 0.200. The third-order valence-electron chi connectivity index (χ3n) is 4.40. The van der Waals surface area contributed by atoms with Gasteiger partial charge in [0.25, 0.3) is 10.9 Å². The zero-order valence-electron chi connectivity index (χ0n) is 15.5. The SMILES string of the molecule is C=CCSc1nc([O-])c2[n+](n1)C(c1ccc(C)o1)N(C(C)=O)c1ccccc1-2. The van der Waals surface area contributed by atoms with Gasteiger partial charge in [-0.3, -0.25) is 4.79 Å². The number of aryl methyl sites for hydroxylation is 1. The summed E-state index contributed by atoms with van der Waals surface area (Å²) in [5.41, 5.74) is 1.57. The second-order valence-corrected chi connectivity index (χ2v) is 7.31. The van der Waals surface area contributed by atoms with Crippen LogP contribution in [0.2, 0.25) is 0 Å². The molecule has 2 aromatic heterocycles. The Kier molecular flexibility index (Phi) is 4.64. The molecule has 28 heavy (non-hydrogen) atoms. The van der Waals surface area contributed by atoms with Crippen molar-refractivity contribution in [2.24, 2.45) is 0 Å². The molecule has 3 aromatic rings. The van der Waals surface area contributed by atoms with Gasteiger partial charge < -0.3 is 9.52 Å². The van der Waals surface area contributed by atoms with E-state index in [0.29, 0.717) is 39.4 Å². The van der Waals surface area contributed by atoms with Crippen LogP contribution >= 0.6 is 11.8 Å². The molecule has 0 saturated carbocycles. The van der Waals surface area contributed by atoms with Crippen LogP contribution in [0, 0.1) is 6.92 Å². The summed E-state index contributed by atoms with van der Waals surface area (Å²) >= 11 is 1.31. The molecule has 0 fully saturated rings. The van der Waals surface area contributed by atoms with E-state index in [1.165, 1.54) is 18.7 Å². The van der Waals surface area contributed by atoms with E-state index in [1.807, 2.05) is 31.2 Å². The van der Waals surface area contributed by atoms with Crippen LogP contribution in [0.25, 0.3) is 11.3 Å². The van der Waals surface area contributed by atoms with E-state index in [0.717, 1.165) is 0 Å². The van der Waals surface area contributed by atoms with E-state index in [1.54, 1.807) is 27.8 Å². The molecule has 1 unspecified atom stereocenters. The number of hydrogen-bond acceptors (Lipinski definition) is 6. The van der Waals surface area contributed by atoms with Crippen LogP contribution < -0.4 is 14.7 Å². The minimum atomic E-state index is -0.713. The average molecular weight is 394 g/mol. The van der Waals surface area contributed by atoms with Gasteiger partial charge in [-0.1, -0.05) is 30.0 Å². The van der Waals surface area contributed by atoms with Crippen LogP contribution in [0.15, 0.2) is 58.6 Å². The second kappa shape index (κ2) is 7.12. The number of furan rings is 1. The van der Waals surface area contributed by atoms with Crippen LogP contribution in [-0.4, -0.2) is 21.7 Å². The summed E-state index contributed by atoms with van der Waals surface area (Å²) in [4.78, 5) is 18.3. The Balaban J connectivity index is 2.01. The molecular weight excluding hydrogens is 376 g/mol. The lowest BCUT2D eigenvalue weighted by Gasteiger charge is -2.31. The summed E-state index contributed by atoms with van der Waals surface area (Å²) in [5.74, 6) is 1.21. The number of thioether (sulfide) groups is 1. The number of fused-ring (bicyclic) bond motifs is 3. The van der Waals surface area contributed by atoms with Gasteiger partial charge in [0.1, 0.15) is 5.76 Å². The number of nitrogens with zero attached hydrogens (tertiary/aromatic N) is 4. The lowest BCUT2D eigenvalue weighted by Crippen LogP contribution is -2.58. The first-order valence-corrected chi connectivity index (χ1v) is 9.70. The van der Waals surface area contributed by atoms with Crippen molar-refractivity contribution in [3.05, 3.63) is 60.6 Å². The Labute approximate surface area is 166 Å². The summed E-state index contributed by atoms with van der Waals surface area (Å²) in [6.45, 7) is 7.00. The van der Waals surface area contributed by atoms with Crippen molar-refractivity contribution >= 4 is 23.4 Å². The van der Waals surface area contributed by atoms with E-state index >= 15 is 0 Å². The smallest absolute Gasteiger partial charge is 0.325 e. The van der Waals surface area contributed by atoms with Crippen molar-refractivity contribution in [1.29, 1.82) is 0 Å². The van der Waals surface area contributed by atoms with Gasteiger partial charge in [0.15, 0.2) is 5.76 Å². The summed E-state index contributed by atoms with van der Waals surface area (Å²) in [6.07, 6.45) is 1.00. The van der Waals surface area contributed by atoms with Gasteiger partial charge in [-0.25, -0.2) is 9.88 Å². The van der Waals surface area contributed by atoms with Crippen molar-refractivity contribution in [2.45, 2.75) is 25.2 Å². The first kappa shape index (κ1) is 18.2. The van der Waals surface area contributed by atoms with E-state index in [-0.39, 0.29) is 5.91 Å². The fourth-order valence-electron chi connectivity index (χ4n) is 3.32. The van der Waals surface area contributed by atoms with Crippen LogP contribution in [0.1, 0.15) is 24.6 Å². The van der Waals surface area contributed by atoms with E-state index in [4.69, 9.17) is 4.42 Å². The molecule has 1 aromatic carbocycles. The maximum Gasteiger partial charge on any atom is 0.325 e. The fourth-order valence-corrected chi connectivity index (χ4v) is 3.88. The van der Waals surface area contributed by atoms with Gasteiger partial charge in [0.2, 0.25) is 5.91 Å². The number of anilines is 1. The Morgan fingerprint density at radius 3 is 2.86 bits per heavy atom. The van der Waals surface area contributed by atoms with Crippen LogP contribution in [-0.2, 0) is 4.79 Å². The van der Waals surface area contributed by atoms with Gasteiger partial charge >= 0.3 is 6.17 Å². The number of carbonyl (C=O) groups excluding carboxylic acids is 1. The van der Waals surface area contributed by atoms with E-state index in [2.05, 4.69) is 16.7 Å². The maximum atomic E-state index is 12.9. The largest absolute Gasteiger partial charge is 0.854 e. The summed E-state index contributed by atoms with van der Waals surface area (Å²) in [7, 11) is 0. The number of hydrogen-bond donors (Lipinski definition) is 0. The molecule has 142 valence electrons. The van der Waals surface area contributed by atoms with E-state index < -0.39 is 12.0 Å². The topological polar surface area (TPSA) is 86.2 Å². The Morgan fingerprint density at radius 1 is 1.39 bits per heavy atom. The zero-order valence-corrected chi connectivity index (χ0v) is 16.3. The molecule has 0 spiro atoms.